The van der Waals surface area contributed by atoms with Crippen LogP contribution in [0.5, 0.6) is 0 Å². The fraction of sp³-hybridized carbons (Fsp3) is 0.714. The van der Waals surface area contributed by atoms with Gasteiger partial charge in [-0.1, -0.05) is 0 Å². The highest BCUT2D eigenvalue weighted by Gasteiger charge is 2.09. The first kappa shape index (κ1) is 8.92. The van der Waals surface area contributed by atoms with Crippen molar-refractivity contribution in [2.24, 2.45) is 0 Å². The van der Waals surface area contributed by atoms with Crippen molar-refractivity contribution in [3.63, 3.8) is 0 Å². The molecule has 0 aliphatic carbocycles. The summed E-state index contributed by atoms with van der Waals surface area (Å²) in [6, 6.07) is 0. The molecule has 0 heterocycles. The van der Waals surface area contributed by atoms with Crippen LogP contribution < -0.4 is 5.32 Å². The summed E-state index contributed by atoms with van der Waals surface area (Å²) >= 11 is 0. The van der Waals surface area contributed by atoms with Crippen LogP contribution in [0.25, 0.3) is 0 Å². The second-order valence-electron chi connectivity index (χ2n) is 2.74. The van der Waals surface area contributed by atoms with Crippen LogP contribution in [0, 0.1) is 13.7 Å². The molecule has 0 atom stereocenters. The average Bonchev–Trinajstić information content (AvgIpc) is 1.63. The standard InChI is InChI=1S/C7H14NO/c1-5-8-6-9-7(2,3)4/h8H,1,5H2,2-4H3. The molecule has 2 nitrogen and oxygen atoms in total. The molecular formula is C7H14NO. The summed E-state index contributed by atoms with van der Waals surface area (Å²) in [5.41, 5.74) is -0.151. The Morgan fingerprint density at radius 2 is 2.11 bits per heavy atom. The minimum Gasteiger partial charge on any atom is -0.346 e. The van der Waals surface area contributed by atoms with Crippen molar-refractivity contribution in [2.45, 2.75) is 26.4 Å². The molecule has 0 saturated carbocycles. The Labute approximate surface area is 57.6 Å². The Bertz CT molecular complexity index is 65.8. The van der Waals surface area contributed by atoms with E-state index in [0.717, 1.165) is 0 Å². The average molecular weight is 128 g/mol. The summed E-state index contributed by atoms with van der Waals surface area (Å²) in [6.45, 7) is 12.6. The van der Waals surface area contributed by atoms with Gasteiger partial charge < -0.3 is 4.74 Å². The molecule has 0 aromatic heterocycles. The molecule has 0 aromatic carbocycles. The van der Waals surface area contributed by atoms with Gasteiger partial charge in [0, 0.05) is 0 Å². The topological polar surface area (TPSA) is 21.3 Å². The zero-order valence-electron chi connectivity index (χ0n) is 6.32. The van der Waals surface area contributed by atoms with E-state index in [4.69, 9.17) is 4.74 Å². The molecule has 0 aromatic rings. The second-order valence-corrected chi connectivity index (χ2v) is 2.74. The van der Waals surface area contributed by atoms with Gasteiger partial charge in [-0.25, -0.2) is 0 Å². The van der Waals surface area contributed by atoms with Crippen molar-refractivity contribution in [1.29, 1.82) is 0 Å². The fourth-order valence-electron chi connectivity index (χ4n) is 0.240. The predicted octanol–water partition coefficient (Wildman–Crippen LogP) is 1.22. The van der Waals surface area contributed by atoms with Crippen molar-refractivity contribution >= 4 is 0 Å². The van der Waals surface area contributed by atoms with Crippen LogP contribution in [0.2, 0.25) is 0 Å². The van der Waals surface area contributed by atoms with Crippen LogP contribution >= 0.6 is 0 Å². The van der Waals surface area contributed by atoms with Crippen LogP contribution in [0.1, 0.15) is 20.8 Å². The Hall–Kier alpha value is -0.0800. The molecule has 0 spiro atoms. The SMILES string of the molecule is [CH2]CN[C]OC(C)(C)C. The first-order valence-corrected chi connectivity index (χ1v) is 3.01. The monoisotopic (exact) mass is 128 g/mol. The number of ether oxygens (including phenoxy) is 1. The van der Waals surface area contributed by atoms with Gasteiger partial charge in [0.15, 0.2) is 0 Å². The summed E-state index contributed by atoms with van der Waals surface area (Å²) in [4.78, 5) is 0. The van der Waals surface area contributed by atoms with Gasteiger partial charge in [0.25, 0.3) is 0 Å². The van der Waals surface area contributed by atoms with Crippen LogP contribution in [0.3, 0.4) is 0 Å². The third-order valence-corrected chi connectivity index (χ3v) is 0.554. The van der Waals surface area contributed by atoms with Gasteiger partial charge in [0.2, 0.25) is 6.73 Å². The van der Waals surface area contributed by atoms with E-state index in [9.17, 15) is 0 Å². The van der Waals surface area contributed by atoms with E-state index in [1.807, 2.05) is 20.8 Å². The molecule has 0 saturated heterocycles. The maximum Gasteiger partial charge on any atom is 0.215 e. The van der Waals surface area contributed by atoms with Crippen LogP contribution in [0.4, 0.5) is 0 Å². The van der Waals surface area contributed by atoms with E-state index in [0.29, 0.717) is 6.54 Å². The largest absolute Gasteiger partial charge is 0.346 e. The fourth-order valence-corrected chi connectivity index (χ4v) is 0.240. The third-order valence-electron chi connectivity index (χ3n) is 0.554. The van der Waals surface area contributed by atoms with E-state index in [1.54, 1.807) is 0 Å². The maximum atomic E-state index is 5.07. The molecule has 0 aliphatic rings. The van der Waals surface area contributed by atoms with Crippen LogP contribution in [-0.2, 0) is 4.74 Å². The van der Waals surface area contributed by atoms with E-state index >= 15 is 0 Å². The molecule has 0 fully saturated rings. The van der Waals surface area contributed by atoms with E-state index < -0.39 is 0 Å². The number of hydrogen-bond donors (Lipinski definition) is 1. The van der Waals surface area contributed by atoms with E-state index in [2.05, 4.69) is 19.0 Å². The highest BCUT2D eigenvalue weighted by atomic mass is 16.5. The van der Waals surface area contributed by atoms with Gasteiger partial charge in [-0.2, -0.15) is 0 Å². The zero-order valence-corrected chi connectivity index (χ0v) is 6.32. The molecule has 53 valence electrons. The molecule has 1 N–H and O–H groups in total. The smallest absolute Gasteiger partial charge is 0.215 e. The normalized spacial score (nSPS) is 12.0. The molecule has 9 heavy (non-hydrogen) atoms. The van der Waals surface area contributed by atoms with E-state index in [1.165, 1.54) is 0 Å². The van der Waals surface area contributed by atoms with Gasteiger partial charge in [-0.05, 0) is 34.2 Å². The first-order valence-electron chi connectivity index (χ1n) is 3.01. The van der Waals surface area contributed by atoms with Crippen LogP contribution in [0.15, 0.2) is 0 Å². The highest BCUT2D eigenvalue weighted by molar-refractivity contribution is 4.62. The summed E-state index contributed by atoms with van der Waals surface area (Å²) < 4.78 is 5.07. The predicted molar refractivity (Wildman–Crippen MR) is 37.4 cm³/mol. The summed E-state index contributed by atoms with van der Waals surface area (Å²) in [6.07, 6.45) is 0. The summed E-state index contributed by atoms with van der Waals surface area (Å²) in [5, 5.41) is 2.72. The lowest BCUT2D eigenvalue weighted by Crippen LogP contribution is -2.23. The molecule has 0 unspecified atom stereocenters. The van der Waals surface area contributed by atoms with Gasteiger partial charge in [0.05, 0.1) is 5.60 Å². The molecule has 0 bridgehead atoms. The highest BCUT2D eigenvalue weighted by Crippen LogP contribution is 2.06. The lowest BCUT2D eigenvalue weighted by molar-refractivity contribution is 0.0330. The Morgan fingerprint density at radius 3 is 2.44 bits per heavy atom. The van der Waals surface area contributed by atoms with Crippen LogP contribution in [-0.4, -0.2) is 12.1 Å². The quantitative estimate of drug-likeness (QED) is 0.456. The molecule has 0 amide bonds. The minimum absolute atomic E-state index is 0.151. The van der Waals surface area contributed by atoms with Crippen molar-refractivity contribution in [2.75, 3.05) is 6.54 Å². The Balaban J connectivity index is 3.07. The molecule has 0 aliphatic heterocycles. The number of rotatable bonds is 3. The number of nitrogens with one attached hydrogen (secondary N) is 1. The molecule has 2 heteroatoms. The van der Waals surface area contributed by atoms with Gasteiger partial charge in [-0.15, -0.1) is 0 Å². The Kier molecular flexibility index (Phi) is 3.82. The van der Waals surface area contributed by atoms with E-state index in [-0.39, 0.29) is 5.60 Å². The lowest BCUT2D eigenvalue weighted by atomic mass is 10.2. The van der Waals surface area contributed by atoms with Gasteiger partial charge in [0.1, 0.15) is 0 Å². The van der Waals surface area contributed by atoms with Crippen molar-refractivity contribution in [1.82, 2.24) is 5.32 Å². The van der Waals surface area contributed by atoms with Gasteiger partial charge in [-0.3, -0.25) is 5.32 Å². The minimum atomic E-state index is -0.151. The van der Waals surface area contributed by atoms with Gasteiger partial charge >= 0.3 is 0 Å². The molecular weight excluding hydrogens is 114 g/mol. The van der Waals surface area contributed by atoms with Crippen molar-refractivity contribution in [3.8, 4) is 0 Å². The maximum absolute atomic E-state index is 5.07. The van der Waals surface area contributed by atoms with Crippen molar-refractivity contribution in [3.05, 3.63) is 13.7 Å². The second kappa shape index (κ2) is 3.85. The van der Waals surface area contributed by atoms with Crippen molar-refractivity contribution < 1.29 is 4.74 Å². The third kappa shape index (κ3) is 7.92. The summed E-state index contributed by atoms with van der Waals surface area (Å²) in [5.74, 6) is 0. The molecule has 0 rings (SSSR count). The first-order chi connectivity index (χ1) is 4.06. The lowest BCUT2D eigenvalue weighted by Gasteiger charge is -2.17. The summed E-state index contributed by atoms with van der Waals surface area (Å²) in [7, 11) is 0. The Morgan fingerprint density at radius 1 is 1.56 bits per heavy atom. The molecule has 3 radical (unpaired) electrons. The zero-order chi connectivity index (χ0) is 7.33. The number of hydrogen-bond acceptors (Lipinski definition) is 2.